The number of rotatable bonds is 4. The molecular formula is C18H26N2O. The number of hydrogen-bond acceptors (Lipinski definition) is 2. The zero-order chi connectivity index (χ0) is 14.8. The number of carbonyl (C=O) groups is 1. The Hall–Kier alpha value is -1.51. The summed E-state index contributed by atoms with van der Waals surface area (Å²) in [6.45, 7) is 0. The largest absolute Gasteiger partial charge is 0.382 e. The Kier molecular flexibility index (Phi) is 4.18. The second-order valence-electron chi connectivity index (χ2n) is 6.85. The summed E-state index contributed by atoms with van der Waals surface area (Å²) in [4.78, 5) is 13.9. The molecule has 2 fully saturated rings. The molecule has 2 saturated carbocycles. The van der Waals surface area contributed by atoms with Gasteiger partial charge >= 0.3 is 0 Å². The highest BCUT2D eigenvalue weighted by Crippen LogP contribution is 2.44. The number of para-hydroxylation sites is 1. The number of carbonyl (C=O) groups excluding carboxylic acids is 1. The second kappa shape index (κ2) is 6.08. The normalized spacial score (nSPS) is 25.4. The minimum absolute atomic E-state index is 0.0765. The molecule has 0 aliphatic heterocycles. The van der Waals surface area contributed by atoms with Crippen molar-refractivity contribution in [2.45, 2.75) is 44.6 Å². The predicted octanol–water partition coefficient (Wildman–Crippen LogP) is 3.77. The fourth-order valence-electron chi connectivity index (χ4n) is 3.61. The Labute approximate surface area is 127 Å². The zero-order valence-corrected chi connectivity index (χ0v) is 13.1. The van der Waals surface area contributed by atoms with Crippen LogP contribution in [-0.2, 0) is 0 Å². The lowest BCUT2D eigenvalue weighted by molar-refractivity contribution is 0.0828. The fraction of sp³-hybridized carbons (Fsp3) is 0.611. The summed E-state index contributed by atoms with van der Waals surface area (Å²) >= 11 is 0. The van der Waals surface area contributed by atoms with E-state index < -0.39 is 0 Å². The predicted molar refractivity (Wildman–Crippen MR) is 86.6 cm³/mol. The van der Waals surface area contributed by atoms with Crippen molar-refractivity contribution in [3.63, 3.8) is 0 Å². The lowest BCUT2D eigenvalue weighted by Gasteiger charge is -2.31. The third kappa shape index (κ3) is 3.39. The van der Waals surface area contributed by atoms with E-state index in [0.29, 0.717) is 6.04 Å². The van der Waals surface area contributed by atoms with Crippen molar-refractivity contribution in [3.8, 4) is 0 Å². The lowest BCUT2D eigenvalue weighted by Crippen LogP contribution is -2.30. The van der Waals surface area contributed by atoms with E-state index in [9.17, 15) is 4.79 Å². The minimum atomic E-state index is 0.0765. The molecule has 1 aromatic carbocycles. The quantitative estimate of drug-likeness (QED) is 0.914. The van der Waals surface area contributed by atoms with Crippen molar-refractivity contribution in [3.05, 3.63) is 29.8 Å². The van der Waals surface area contributed by atoms with Crippen LogP contribution in [-0.4, -0.2) is 30.9 Å². The van der Waals surface area contributed by atoms with Crippen LogP contribution in [0.5, 0.6) is 0 Å². The van der Waals surface area contributed by atoms with Gasteiger partial charge in [0.1, 0.15) is 0 Å². The molecule has 3 rings (SSSR count). The Morgan fingerprint density at radius 3 is 2.57 bits per heavy atom. The molecule has 1 N–H and O–H groups in total. The average molecular weight is 286 g/mol. The van der Waals surface area contributed by atoms with Crippen LogP contribution in [0.2, 0.25) is 0 Å². The maximum Gasteiger partial charge on any atom is 0.255 e. The van der Waals surface area contributed by atoms with E-state index in [1.807, 2.05) is 38.4 Å². The molecule has 1 aromatic rings. The standard InChI is InChI=1S/C18H26N2O/c1-20(2)18(21)16-8-3-4-9-17(16)19-15-7-5-6-14(12-15)13-10-11-13/h3-4,8-9,13-15,19H,5-7,10-12H2,1-2H3. The topological polar surface area (TPSA) is 32.3 Å². The summed E-state index contributed by atoms with van der Waals surface area (Å²) in [5, 5.41) is 3.65. The van der Waals surface area contributed by atoms with Crippen LogP contribution in [0.3, 0.4) is 0 Å². The van der Waals surface area contributed by atoms with Gasteiger partial charge < -0.3 is 10.2 Å². The maximum atomic E-state index is 12.3. The molecular weight excluding hydrogens is 260 g/mol. The molecule has 114 valence electrons. The minimum Gasteiger partial charge on any atom is -0.382 e. The van der Waals surface area contributed by atoms with Crippen molar-refractivity contribution >= 4 is 11.6 Å². The Morgan fingerprint density at radius 1 is 1.10 bits per heavy atom. The van der Waals surface area contributed by atoms with Crippen LogP contribution < -0.4 is 5.32 Å². The summed E-state index contributed by atoms with van der Waals surface area (Å²) < 4.78 is 0. The average Bonchev–Trinajstić information content (AvgIpc) is 3.32. The molecule has 2 unspecified atom stereocenters. The molecule has 3 nitrogen and oxygen atoms in total. The van der Waals surface area contributed by atoms with Gasteiger partial charge in [-0.2, -0.15) is 0 Å². The first-order valence-corrected chi connectivity index (χ1v) is 8.22. The van der Waals surface area contributed by atoms with Crippen LogP contribution in [0.4, 0.5) is 5.69 Å². The van der Waals surface area contributed by atoms with Gasteiger partial charge in [0.2, 0.25) is 0 Å². The number of hydrogen-bond donors (Lipinski definition) is 1. The number of nitrogens with zero attached hydrogens (tertiary/aromatic N) is 1. The first-order chi connectivity index (χ1) is 10.1. The van der Waals surface area contributed by atoms with Gasteiger partial charge in [0, 0.05) is 25.8 Å². The lowest BCUT2D eigenvalue weighted by atomic mass is 9.82. The molecule has 0 bridgehead atoms. The molecule has 0 aromatic heterocycles. The fourth-order valence-corrected chi connectivity index (χ4v) is 3.61. The van der Waals surface area contributed by atoms with Gasteiger partial charge in [-0.05, 0) is 49.7 Å². The summed E-state index contributed by atoms with van der Waals surface area (Å²) in [5.74, 6) is 1.98. The van der Waals surface area contributed by atoms with Crippen molar-refractivity contribution in [2.75, 3.05) is 19.4 Å². The van der Waals surface area contributed by atoms with Crippen LogP contribution in [0.15, 0.2) is 24.3 Å². The van der Waals surface area contributed by atoms with E-state index in [1.54, 1.807) is 4.90 Å². The van der Waals surface area contributed by atoms with E-state index in [4.69, 9.17) is 0 Å². The molecule has 3 heteroatoms. The Morgan fingerprint density at radius 2 is 1.86 bits per heavy atom. The number of amides is 1. The molecule has 0 spiro atoms. The SMILES string of the molecule is CN(C)C(=O)c1ccccc1NC1CCCC(C2CC2)C1. The molecule has 0 radical (unpaired) electrons. The Bertz CT molecular complexity index is 508. The van der Waals surface area contributed by atoms with Gasteiger partial charge in [-0.3, -0.25) is 4.79 Å². The number of benzene rings is 1. The van der Waals surface area contributed by atoms with Gasteiger partial charge in [0.15, 0.2) is 0 Å². The molecule has 2 atom stereocenters. The van der Waals surface area contributed by atoms with Crippen molar-refractivity contribution in [1.82, 2.24) is 4.90 Å². The van der Waals surface area contributed by atoms with Crippen molar-refractivity contribution in [2.24, 2.45) is 11.8 Å². The first kappa shape index (κ1) is 14.4. The highest BCUT2D eigenvalue weighted by molar-refractivity contribution is 5.99. The van der Waals surface area contributed by atoms with Crippen LogP contribution in [0, 0.1) is 11.8 Å². The van der Waals surface area contributed by atoms with E-state index in [1.165, 1.54) is 38.5 Å². The smallest absolute Gasteiger partial charge is 0.255 e. The monoisotopic (exact) mass is 286 g/mol. The third-order valence-corrected chi connectivity index (χ3v) is 4.93. The first-order valence-electron chi connectivity index (χ1n) is 8.22. The van der Waals surface area contributed by atoms with Gasteiger partial charge in [0.25, 0.3) is 5.91 Å². The van der Waals surface area contributed by atoms with Crippen molar-refractivity contribution < 1.29 is 4.79 Å². The van der Waals surface area contributed by atoms with Gasteiger partial charge in [0.05, 0.1) is 5.56 Å². The van der Waals surface area contributed by atoms with Gasteiger partial charge in [-0.1, -0.05) is 25.0 Å². The van der Waals surface area contributed by atoms with Gasteiger partial charge in [-0.25, -0.2) is 0 Å². The molecule has 0 saturated heterocycles. The molecule has 2 aliphatic rings. The van der Waals surface area contributed by atoms with Crippen LogP contribution in [0.25, 0.3) is 0 Å². The number of anilines is 1. The molecule has 1 amide bonds. The van der Waals surface area contributed by atoms with E-state index >= 15 is 0 Å². The highest BCUT2D eigenvalue weighted by atomic mass is 16.2. The molecule has 2 aliphatic carbocycles. The third-order valence-electron chi connectivity index (χ3n) is 4.93. The Balaban J connectivity index is 1.70. The number of nitrogens with one attached hydrogen (secondary N) is 1. The van der Waals surface area contributed by atoms with E-state index in [-0.39, 0.29) is 5.91 Å². The molecule has 0 heterocycles. The zero-order valence-electron chi connectivity index (χ0n) is 13.1. The van der Waals surface area contributed by atoms with Crippen molar-refractivity contribution in [1.29, 1.82) is 0 Å². The van der Waals surface area contributed by atoms with E-state index in [0.717, 1.165) is 23.1 Å². The maximum absolute atomic E-state index is 12.3. The second-order valence-corrected chi connectivity index (χ2v) is 6.85. The van der Waals surface area contributed by atoms with E-state index in [2.05, 4.69) is 5.32 Å². The summed E-state index contributed by atoms with van der Waals surface area (Å²) in [6, 6.07) is 8.44. The highest BCUT2D eigenvalue weighted by Gasteiger charge is 2.34. The van der Waals surface area contributed by atoms with Crippen LogP contribution >= 0.6 is 0 Å². The van der Waals surface area contributed by atoms with Crippen LogP contribution in [0.1, 0.15) is 48.9 Å². The molecule has 21 heavy (non-hydrogen) atoms. The van der Waals surface area contributed by atoms with Gasteiger partial charge in [-0.15, -0.1) is 0 Å². The summed E-state index contributed by atoms with van der Waals surface area (Å²) in [5.41, 5.74) is 1.79. The summed E-state index contributed by atoms with van der Waals surface area (Å²) in [7, 11) is 3.62. The summed E-state index contributed by atoms with van der Waals surface area (Å²) in [6.07, 6.45) is 8.10.